The van der Waals surface area contributed by atoms with E-state index in [9.17, 15) is 4.79 Å². The predicted molar refractivity (Wildman–Crippen MR) is 84.7 cm³/mol. The Bertz CT molecular complexity index is 602. The van der Waals surface area contributed by atoms with E-state index in [0.29, 0.717) is 13.0 Å². The predicted octanol–water partition coefficient (Wildman–Crippen LogP) is 0.633. The molecule has 23 heavy (non-hydrogen) atoms. The molecule has 8 heteroatoms. The summed E-state index contributed by atoms with van der Waals surface area (Å²) in [6.45, 7) is 2.45. The zero-order valence-corrected chi connectivity index (χ0v) is 13.0. The Morgan fingerprint density at radius 1 is 1.35 bits per heavy atom. The zero-order chi connectivity index (χ0) is 15.9. The molecule has 0 radical (unpaired) electrons. The second-order valence-corrected chi connectivity index (χ2v) is 5.68. The van der Waals surface area contributed by atoms with Crippen molar-refractivity contribution in [2.24, 2.45) is 0 Å². The number of carbonyl (C=O) groups is 1. The topological polar surface area (TPSA) is 88.8 Å². The molecule has 0 unspecified atom stereocenters. The van der Waals surface area contributed by atoms with Gasteiger partial charge >= 0.3 is 0 Å². The van der Waals surface area contributed by atoms with Gasteiger partial charge in [-0.15, -0.1) is 0 Å². The second kappa shape index (κ2) is 7.66. The van der Waals surface area contributed by atoms with Gasteiger partial charge in [0.05, 0.1) is 6.20 Å². The third-order valence-corrected chi connectivity index (χ3v) is 3.92. The van der Waals surface area contributed by atoms with Crippen LogP contribution in [0, 0.1) is 0 Å². The smallest absolute Gasteiger partial charge is 0.220 e. The van der Waals surface area contributed by atoms with E-state index in [1.165, 1.54) is 6.33 Å². The quantitative estimate of drug-likeness (QED) is 0.841. The van der Waals surface area contributed by atoms with E-state index in [1.807, 2.05) is 0 Å². The molecular weight excluding hydrogens is 294 g/mol. The Hall–Kier alpha value is -2.51. The number of hydrogen-bond acceptors (Lipinski definition) is 6. The van der Waals surface area contributed by atoms with Crippen molar-refractivity contribution >= 4 is 11.7 Å². The fourth-order valence-electron chi connectivity index (χ4n) is 2.81. The van der Waals surface area contributed by atoms with Crippen LogP contribution in [0.25, 0.3) is 0 Å². The molecule has 1 aliphatic rings. The lowest BCUT2D eigenvalue weighted by Crippen LogP contribution is -2.48. The highest BCUT2D eigenvalue weighted by Gasteiger charge is 2.22. The van der Waals surface area contributed by atoms with Crippen molar-refractivity contribution in [1.82, 2.24) is 30.0 Å². The summed E-state index contributed by atoms with van der Waals surface area (Å²) >= 11 is 0. The van der Waals surface area contributed by atoms with Crippen LogP contribution in [-0.2, 0) is 11.3 Å². The number of nitrogens with one attached hydrogen (secondary N) is 1. The van der Waals surface area contributed by atoms with E-state index in [4.69, 9.17) is 0 Å². The average Bonchev–Trinajstić information content (AvgIpc) is 3.09. The fourth-order valence-corrected chi connectivity index (χ4v) is 2.81. The second-order valence-electron chi connectivity index (χ2n) is 5.68. The number of piperidine rings is 1. The Kier molecular flexibility index (Phi) is 5.13. The van der Waals surface area contributed by atoms with Crippen LogP contribution in [0.15, 0.2) is 31.2 Å². The standard InChI is InChI=1S/C15H21N7O/c23-15(4-2-8-22-12-17-11-19-22)20-13-3-1-7-21(10-13)14-9-16-5-6-18-14/h5-6,9,11-13H,1-4,7-8,10H2,(H,20,23)/t13-/m0/s1. The largest absolute Gasteiger partial charge is 0.353 e. The minimum Gasteiger partial charge on any atom is -0.353 e. The summed E-state index contributed by atoms with van der Waals surface area (Å²) in [6.07, 6.45) is 11.6. The maximum atomic E-state index is 12.1. The molecule has 0 aliphatic carbocycles. The maximum absolute atomic E-state index is 12.1. The SMILES string of the molecule is O=C(CCCn1cncn1)N[C@H]1CCCN(c2cnccn2)C1. The van der Waals surface area contributed by atoms with Crippen LogP contribution in [0.3, 0.4) is 0 Å². The number of anilines is 1. The molecule has 122 valence electrons. The Morgan fingerprint density at radius 3 is 3.09 bits per heavy atom. The van der Waals surface area contributed by atoms with Crippen LogP contribution >= 0.6 is 0 Å². The Labute approximate surface area is 135 Å². The summed E-state index contributed by atoms with van der Waals surface area (Å²) in [6, 6.07) is 0.171. The molecule has 1 atom stereocenters. The van der Waals surface area contributed by atoms with Gasteiger partial charge in [-0.2, -0.15) is 5.10 Å². The summed E-state index contributed by atoms with van der Waals surface area (Å²) in [4.78, 5) is 26.6. The third-order valence-electron chi connectivity index (χ3n) is 3.92. The molecule has 0 bridgehead atoms. The zero-order valence-electron chi connectivity index (χ0n) is 13.0. The first-order valence-electron chi connectivity index (χ1n) is 7.94. The minimum absolute atomic E-state index is 0.0936. The monoisotopic (exact) mass is 315 g/mol. The van der Waals surface area contributed by atoms with Crippen LogP contribution < -0.4 is 10.2 Å². The molecular formula is C15H21N7O. The first-order valence-corrected chi connectivity index (χ1v) is 7.94. The number of nitrogens with zero attached hydrogens (tertiary/aromatic N) is 6. The molecule has 1 saturated heterocycles. The Morgan fingerprint density at radius 2 is 2.30 bits per heavy atom. The van der Waals surface area contributed by atoms with E-state index < -0.39 is 0 Å². The normalized spacial score (nSPS) is 17.9. The molecule has 2 aromatic rings. The summed E-state index contributed by atoms with van der Waals surface area (Å²) in [5, 5.41) is 7.15. The highest BCUT2D eigenvalue weighted by Crippen LogP contribution is 2.16. The van der Waals surface area contributed by atoms with Crippen LogP contribution in [0.5, 0.6) is 0 Å². The van der Waals surface area contributed by atoms with E-state index in [1.54, 1.807) is 29.6 Å². The lowest BCUT2D eigenvalue weighted by atomic mass is 10.1. The number of carbonyl (C=O) groups excluding carboxylic acids is 1. The van der Waals surface area contributed by atoms with Gasteiger partial charge in [-0.3, -0.25) is 14.5 Å². The lowest BCUT2D eigenvalue weighted by molar-refractivity contribution is -0.122. The van der Waals surface area contributed by atoms with Gasteiger partial charge in [0.2, 0.25) is 5.91 Å². The molecule has 0 aromatic carbocycles. The third kappa shape index (κ3) is 4.48. The number of aryl methyl sites for hydroxylation is 1. The van der Waals surface area contributed by atoms with Crippen LogP contribution in [0.4, 0.5) is 5.82 Å². The summed E-state index contributed by atoms with van der Waals surface area (Å²) in [5.74, 6) is 0.966. The van der Waals surface area contributed by atoms with Crippen molar-refractivity contribution in [3.63, 3.8) is 0 Å². The summed E-state index contributed by atoms with van der Waals surface area (Å²) in [5.41, 5.74) is 0. The van der Waals surface area contributed by atoms with Gasteiger partial charge in [-0.1, -0.05) is 0 Å². The van der Waals surface area contributed by atoms with Gasteiger partial charge in [0.1, 0.15) is 18.5 Å². The fraction of sp³-hybridized carbons (Fsp3) is 0.533. The number of rotatable bonds is 6. The molecule has 2 aromatic heterocycles. The number of aromatic nitrogens is 5. The molecule has 3 heterocycles. The van der Waals surface area contributed by atoms with Crippen molar-refractivity contribution < 1.29 is 4.79 Å². The van der Waals surface area contributed by atoms with Crippen LogP contribution in [0.1, 0.15) is 25.7 Å². The molecule has 1 N–H and O–H groups in total. The van der Waals surface area contributed by atoms with Crippen LogP contribution in [0.2, 0.25) is 0 Å². The van der Waals surface area contributed by atoms with Crippen molar-refractivity contribution in [2.45, 2.75) is 38.3 Å². The molecule has 8 nitrogen and oxygen atoms in total. The van der Waals surface area contributed by atoms with Crippen molar-refractivity contribution in [3.8, 4) is 0 Å². The molecule has 1 aliphatic heterocycles. The average molecular weight is 315 g/mol. The van der Waals surface area contributed by atoms with Crippen LogP contribution in [-0.4, -0.2) is 49.8 Å². The molecule has 0 saturated carbocycles. The number of hydrogen-bond donors (Lipinski definition) is 1. The van der Waals surface area contributed by atoms with Crippen molar-refractivity contribution in [3.05, 3.63) is 31.2 Å². The van der Waals surface area contributed by atoms with Gasteiger partial charge in [-0.05, 0) is 19.3 Å². The van der Waals surface area contributed by atoms with Gasteiger partial charge in [0, 0.05) is 44.5 Å². The highest BCUT2D eigenvalue weighted by atomic mass is 16.1. The van der Waals surface area contributed by atoms with Crippen molar-refractivity contribution in [2.75, 3.05) is 18.0 Å². The van der Waals surface area contributed by atoms with E-state index in [2.05, 4.69) is 30.3 Å². The number of amides is 1. The van der Waals surface area contributed by atoms with Gasteiger partial charge in [0.25, 0.3) is 0 Å². The molecule has 1 fully saturated rings. The van der Waals surface area contributed by atoms with E-state index >= 15 is 0 Å². The first kappa shape index (κ1) is 15.4. The maximum Gasteiger partial charge on any atom is 0.220 e. The van der Waals surface area contributed by atoms with Gasteiger partial charge < -0.3 is 10.2 Å². The molecule has 1 amide bonds. The minimum atomic E-state index is 0.0936. The Balaban J connectivity index is 1.43. The van der Waals surface area contributed by atoms with Crippen molar-refractivity contribution in [1.29, 1.82) is 0 Å². The van der Waals surface area contributed by atoms with Gasteiger partial charge in [-0.25, -0.2) is 9.97 Å². The van der Waals surface area contributed by atoms with E-state index in [-0.39, 0.29) is 11.9 Å². The first-order chi connectivity index (χ1) is 11.3. The van der Waals surface area contributed by atoms with Gasteiger partial charge in [0.15, 0.2) is 0 Å². The molecule has 0 spiro atoms. The highest BCUT2D eigenvalue weighted by molar-refractivity contribution is 5.76. The van der Waals surface area contributed by atoms with E-state index in [0.717, 1.165) is 38.2 Å². The summed E-state index contributed by atoms with van der Waals surface area (Å²) < 4.78 is 1.74. The summed E-state index contributed by atoms with van der Waals surface area (Å²) in [7, 11) is 0. The molecule has 3 rings (SSSR count). The lowest BCUT2D eigenvalue weighted by Gasteiger charge is -2.33.